The minimum atomic E-state index is -0.611. The van der Waals surface area contributed by atoms with Crippen molar-refractivity contribution >= 4 is 5.69 Å². The molecule has 2 aromatic carbocycles. The molecule has 0 aromatic heterocycles. The van der Waals surface area contributed by atoms with E-state index in [-0.39, 0.29) is 0 Å². The first-order valence-electron chi connectivity index (χ1n) is 7.15. The molecule has 0 bridgehead atoms. The highest BCUT2D eigenvalue weighted by Gasteiger charge is 2.13. The molecule has 0 aliphatic heterocycles. The van der Waals surface area contributed by atoms with Crippen LogP contribution in [0.3, 0.4) is 0 Å². The third-order valence-electron chi connectivity index (χ3n) is 3.62. The van der Waals surface area contributed by atoms with Gasteiger partial charge in [0, 0.05) is 17.8 Å². The minimum Gasteiger partial charge on any atom is -0.496 e. The Morgan fingerprint density at radius 3 is 2.43 bits per heavy atom. The maximum atomic E-state index is 10.4. The van der Waals surface area contributed by atoms with Gasteiger partial charge in [-0.2, -0.15) is 0 Å². The molecule has 0 aliphatic carbocycles. The first kappa shape index (κ1) is 15.4. The number of aliphatic hydroxyl groups is 1. The number of aryl methyl sites for hydroxylation is 3. The summed E-state index contributed by atoms with van der Waals surface area (Å²) in [5.74, 6) is 0.718. The number of nitrogens with one attached hydrogen (secondary N) is 1. The Morgan fingerprint density at radius 1 is 1.05 bits per heavy atom. The van der Waals surface area contributed by atoms with E-state index in [2.05, 4.69) is 37.4 Å². The SMILES string of the molecule is COc1ccc(C)cc1C(O)CNc1cc(C)ccc1C. The van der Waals surface area contributed by atoms with Gasteiger partial charge >= 0.3 is 0 Å². The van der Waals surface area contributed by atoms with Gasteiger partial charge in [0.1, 0.15) is 5.75 Å². The molecular weight excluding hydrogens is 262 g/mol. The summed E-state index contributed by atoms with van der Waals surface area (Å²) in [5, 5.41) is 13.8. The van der Waals surface area contributed by atoms with Crippen molar-refractivity contribution in [2.75, 3.05) is 19.0 Å². The zero-order valence-electron chi connectivity index (χ0n) is 13.1. The molecule has 3 nitrogen and oxygen atoms in total. The second-order valence-electron chi connectivity index (χ2n) is 5.46. The fourth-order valence-electron chi connectivity index (χ4n) is 2.36. The van der Waals surface area contributed by atoms with Crippen LogP contribution in [-0.4, -0.2) is 18.8 Å². The molecule has 21 heavy (non-hydrogen) atoms. The number of benzene rings is 2. The highest BCUT2D eigenvalue weighted by atomic mass is 16.5. The lowest BCUT2D eigenvalue weighted by Crippen LogP contribution is -2.14. The molecule has 112 valence electrons. The van der Waals surface area contributed by atoms with E-state index < -0.39 is 6.10 Å². The van der Waals surface area contributed by atoms with Gasteiger partial charge in [0.2, 0.25) is 0 Å². The van der Waals surface area contributed by atoms with E-state index in [1.807, 2.05) is 25.1 Å². The van der Waals surface area contributed by atoms with Crippen molar-refractivity contribution in [2.24, 2.45) is 0 Å². The van der Waals surface area contributed by atoms with Crippen LogP contribution in [0, 0.1) is 20.8 Å². The highest BCUT2D eigenvalue weighted by Crippen LogP contribution is 2.27. The molecule has 0 saturated heterocycles. The Morgan fingerprint density at radius 2 is 1.71 bits per heavy atom. The zero-order valence-corrected chi connectivity index (χ0v) is 13.1. The van der Waals surface area contributed by atoms with Gasteiger partial charge < -0.3 is 15.2 Å². The van der Waals surface area contributed by atoms with Crippen LogP contribution in [0.25, 0.3) is 0 Å². The van der Waals surface area contributed by atoms with Gasteiger partial charge in [0.25, 0.3) is 0 Å². The monoisotopic (exact) mass is 285 g/mol. The quantitative estimate of drug-likeness (QED) is 0.878. The fraction of sp³-hybridized carbons (Fsp3) is 0.333. The molecule has 0 fully saturated rings. The maximum absolute atomic E-state index is 10.4. The number of hydrogen-bond acceptors (Lipinski definition) is 3. The lowest BCUT2D eigenvalue weighted by Gasteiger charge is -2.18. The van der Waals surface area contributed by atoms with Crippen LogP contribution < -0.4 is 10.1 Å². The molecule has 2 aromatic rings. The minimum absolute atomic E-state index is 0.449. The number of hydrogen-bond donors (Lipinski definition) is 2. The molecular formula is C18H23NO2. The normalized spacial score (nSPS) is 12.0. The van der Waals surface area contributed by atoms with Crippen LogP contribution in [0.15, 0.2) is 36.4 Å². The Kier molecular flexibility index (Phi) is 4.86. The van der Waals surface area contributed by atoms with E-state index in [0.29, 0.717) is 6.54 Å². The molecule has 0 heterocycles. The predicted octanol–water partition coefficient (Wildman–Crippen LogP) is 3.77. The van der Waals surface area contributed by atoms with Crippen LogP contribution in [-0.2, 0) is 0 Å². The van der Waals surface area contributed by atoms with Crippen LogP contribution in [0.2, 0.25) is 0 Å². The van der Waals surface area contributed by atoms with Gasteiger partial charge in [-0.05, 0) is 50.1 Å². The number of ether oxygens (including phenoxy) is 1. The van der Waals surface area contributed by atoms with Crippen molar-refractivity contribution in [3.05, 3.63) is 58.7 Å². The van der Waals surface area contributed by atoms with Crippen molar-refractivity contribution in [3.63, 3.8) is 0 Å². The Balaban J connectivity index is 2.13. The van der Waals surface area contributed by atoms with Gasteiger partial charge in [-0.25, -0.2) is 0 Å². The van der Waals surface area contributed by atoms with E-state index in [1.165, 1.54) is 11.1 Å². The average molecular weight is 285 g/mol. The Bertz CT molecular complexity index is 623. The van der Waals surface area contributed by atoms with Gasteiger partial charge in [-0.15, -0.1) is 0 Å². The maximum Gasteiger partial charge on any atom is 0.124 e. The summed E-state index contributed by atoms with van der Waals surface area (Å²) in [7, 11) is 1.62. The largest absolute Gasteiger partial charge is 0.496 e. The number of methoxy groups -OCH3 is 1. The first-order valence-corrected chi connectivity index (χ1v) is 7.15. The number of anilines is 1. The second kappa shape index (κ2) is 6.64. The summed E-state index contributed by atoms with van der Waals surface area (Å²) in [6, 6.07) is 12.1. The predicted molar refractivity (Wildman–Crippen MR) is 87.1 cm³/mol. The van der Waals surface area contributed by atoms with Gasteiger partial charge in [0.15, 0.2) is 0 Å². The van der Waals surface area contributed by atoms with Crippen molar-refractivity contribution in [1.29, 1.82) is 0 Å². The Labute approximate surface area is 126 Å². The van der Waals surface area contributed by atoms with Crippen LogP contribution in [0.5, 0.6) is 5.75 Å². The third-order valence-corrected chi connectivity index (χ3v) is 3.62. The van der Waals surface area contributed by atoms with Crippen molar-refractivity contribution in [3.8, 4) is 5.75 Å². The summed E-state index contributed by atoms with van der Waals surface area (Å²) in [4.78, 5) is 0. The van der Waals surface area contributed by atoms with Gasteiger partial charge in [-0.3, -0.25) is 0 Å². The number of rotatable bonds is 5. The molecule has 2 N–H and O–H groups in total. The van der Waals surface area contributed by atoms with Crippen LogP contribution in [0.1, 0.15) is 28.4 Å². The molecule has 0 radical (unpaired) electrons. The van der Waals surface area contributed by atoms with E-state index in [1.54, 1.807) is 7.11 Å². The van der Waals surface area contributed by atoms with Gasteiger partial charge in [-0.1, -0.05) is 23.8 Å². The summed E-state index contributed by atoms with van der Waals surface area (Å²) < 4.78 is 5.33. The lowest BCUT2D eigenvalue weighted by atomic mass is 10.0. The molecule has 0 spiro atoms. The summed E-state index contributed by atoms with van der Waals surface area (Å²) >= 11 is 0. The Hall–Kier alpha value is -2.00. The first-order chi connectivity index (χ1) is 10.0. The van der Waals surface area contributed by atoms with Crippen LogP contribution >= 0.6 is 0 Å². The fourth-order valence-corrected chi connectivity index (χ4v) is 2.36. The summed E-state index contributed by atoms with van der Waals surface area (Å²) in [6.45, 7) is 6.57. The molecule has 2 rings (SSSR count). The topological polar surface area (TPSA) is 41.5 Å². The second-order valence-corrected chi connectivity index (χ2v) is 5.46. The van der Waals surface area contributed by atoms with E-state index in [0.717, 1.165) is 22.6 Å². The van der Waals surface area contributed by atoms with Crippen molar-refractivity contribution in [2.45, 2.75) is 26.9 Å². The van der Waals surface area contributed by atoms with Crippen molar-refractivity contribution in [1.82, 2.24) is 0 Å². The van der Waals surface area contributed by atoms with Crippen LogP contribution in [0.4, 0.5) is 5.69 Å². The summed E-state index contributed by atoms with van der Waals surface area (Å²) in [5.41, 5.74) is 5.35. The molecule has 0 amide bonds. The standard InChI is InChI=1S/C18H23NO2/c1-12-6-8-18(21-4)15(9-12)17(20)11-19-16-10-13(2)5-7-14(16)3/h5-10,17,19-20H,11H2,1-4H3. The smallest absolute Gasteiger partial charge is 0.124 e. The van der Waals surface area contributed by atoms with E-state index >= 15 is 0 Å². The average Bonchev–Trinajstić information content (AvgIpc) is 2.47. The molecule has 0 aliphatic rings. The number of aliphatic hydroxyl groups excluding tert-OH is 1. The highest BCUT2D eigenvalue weighted by molar-refractivity contribution is 5.53. The molecule has 1 atom stereocenters. The lowest BCUT2D eigenvalue weighted by molar-refractivity contribution is 0.187. The molecule has 0 saturated carbocycles. The molecule has 3 heteroatoms. The van der Waals surface area contributed by atoms with Crippen molar-refractivity contribution < 1.29 is 9.84 Å². The van der Waals surface area contributed by atoms with E-state index in [9.17, 15) is 5.11 Å². The molecule has 1 unspecified atom stereocenters. The summed E-state index contributed by atoms with van der Waals surface area (Å²) in [6.07, 6.45) is -0.611. The zero-order chi connectivity index (χ0) is 15.4. The third kappa shape index (κ3) is 3.76. The van der Waals surface area contributed by atoms with E-state index in [4.69, 9.17) is 4.74 Å². The van der Waals surface area contributed by atoms with Gasteiger partial charge in [0.05, 0.1) is 13.2 Å².